The summed E-state index contributed by atoms with van der Waals surface area (Å²) in [5, 5.41) is 6.19. The highest BCUT2D eigenvalue weighted by molar-refractivity contribution is 6.09. The molecule has 1 aliphatic heterocycles. The first kappa shape index (κ1) is 17.0. The van der Waals surface area contributed by atoms with Crippen molar-refractivity contribution in [3.05, 3.63) is 36.1 Å². The Morgan fingerprint density at radius 3 is 2.72 bits per heavy atom. The number of hydrogen-bond donors (Lipinski definition) is 2. The molecular formula is C18H21N3O4. The predicted octanol–water partition coefficient (Wildman–Crippen LogP) is 1.97. The van der Waals surface area contributed by atoms with Crippen LogP contribution in [0.5, 0.6) is 0 Å². The van der Waals surface area contributed by atoms with E-state index in [4.69, 9.17) is 4.42 Å². The van der Waals surface area contributed by atoms with Gasteiger partial charge in [0, 0.05) is 11.9 Å². The molecule has 1 saturated heterocycles. The first-order valence-corrected chi connectivity index (χ1v) is 8.21. The first-order valence-electron chi connectivity index (χ1n) is 8.21. The van der Waals surface area contributed by atoms with E-state index in [9.17, 15) is 14.4 Å². The molecule has 25 heavy (non-hydrogen) atoms. The second-order valence-corrected chi connectivity index (χ2v) is 6.79. The van der Waals surface area contributed by atoms with Crippen molar-refractivity contribution in [2.75, 3.05) is 13.1 Å². The van der Waals surface area contributed by atoms with E-state index in [1.54, 1.807) is 19.1 Å². The molecule has 7 nitrogen and oxygen atoms in total. The summed E-state index contributed by atoms with van der Waals surface area (Å²) < 4.78 is 5.74. The zero-order valence-corrected chi connectivity index (χ0v) is 14.5. The average molecular weight is 343 g/mol. The van der Waals surface area contributed by atoms with Crippen molar-refractivity contribution in [1.82, 2.24) is 15.5 Å². The number of rotatable bonds is 5. The summed E-state index contributed by atoms with van der Waals surface area (Å²) in [6, 6.07) is 8.48. The van der Waals surface area contributed by atoms with Crippen LogP contribution in [0, 0.1) is 5.92 Å². The molecule has 1 atom stereocenters. The van der Waals surface area contributed by atoms with Crippen molar-refractivity contribution in [2.45, 2.75) is 26.3 Å². The van der Waals surface area contributed by atoms with Crippen LogP contribution in [-0.4, -0.2) is 35.8 Å². The highest BCUT2D eigenvalue weighted by Crippen LogP contribution is 2.32. The number of urea groups is 1. The second-order valence-electron chi connectivity index (χ2n) is 6.79. The Labute approximate surface area is 145 Å². The van der Waals surface area contributed by atoms with Crippen molar-refractivity contribution in [1.29, 1.82) is 0 Å². The molecule has 2 heterocycles. The molecule has 0 radical (unpaired) electrons. The van der Waals surface area contributed by atoms with Crippen LogP contribution in [0.2, 0.25) is 0 Å². The van der Waals surface area contributed by atoms with Gasteiger partial charge in [-0.05, 0) is 25.0 Å². The topological polar surface area (TPSA) is 91.7 Å². The molecule has 3 rings (SSSR count). The van der Waals surface area contributed by atoms with Crippen molar-refractivity contribution in [2.24, 2.45) is 5.92 Å². The zero-order chi connectivity index (χ0) is 18.2. The smallest absolute Gasteiger partial charge is 0.325 e. The van der Waals surface area contributed by atoms with Crippen LogP contribution in [0.3, 0.4) is 0 Å². The molecule has 0 saturated carbocycles. The third-order valence-corrected chi connectivity index (χ3v) is 4.20. The number of nitrogens with zero attached hydrogens (tertiary/aromatic N) is 1. The van der Waals surface area contributed by atoms with E-state index < -0.39 is 17.5 Å². The summed E-state index contributed by atoms with van der Waals surface area (Å²) in [5.41, 5.74) is -0.692. The number of amides is 4. The standard InChI is InChI=1S/C18H21N3O4/c1-11(2)9-19-15(22)10-21-16(23)18(3,20-17(21)24)14-8-12-6-4-5-7-13(12)25-14/h4-8,11H,9-10H2,1-3H3,(H,19,22)(H,20,24)/t18-/m0/s1. The highest BCUT2D eigenvalue weighted by atomic mass is 16.3. The fraction of sp³-hybridized carbons (Fsp3) is 0.389. The van der Waals surface area contributed by atoms with E-state index in [0.29, 0.717) is 17.9 Å². The normalized spacial score (nSPS) is 20.4. The van der Waals surface area contributed by atoms with E-state index >= 15 is 0 Å². The number of hydrogen-bond acceptors (Lipinski definition) is 4. The van der Waals surface area contributed by atoms with Gasteiger partial charge in [0.05, 0.1) is 0 Å². The molecule has 0 bridgehead atoms. The molecule has 1 aliphatic rings. The molecule has 1 aromatic carbocycles. The van der Waals surface area contributed by atoms with Crippen LogP contribution in [0.15, 0.2) is 34.7 Å². The predicted molar refractivity (Wildman–Crippen MR) is 91.7 cm³/mol. The van der Waals surface area contributed by atoms with Gasteiger partial charge in [0.1, 0.15) is 17.9 Å². The summed E-state index contributed by atoms with van der Waals surface area (Å²) in [4.78, 5) is 37.9. The second kappa shape index (κ2) is 6.23. The third kappa shape index (κ3) is 3.09. The van der Waals surface area contributed by atoms with E-state index in [2.05, 4.69) is 10.6 Å². The maximum atomic E-state index is 12.8. The summed E-state index contributed by atoms with van der Waals surface area (Å²) in [7, 11) is 0. The van der Waals surface area contributed by atoms with Crippen LogP contribution in [-0.2, 0) is 15.1 Å². The van der Waals surface area contributed by atoms with Gasteiger partial charge in [-0.25, -0.2) is 4.79 Å². The summed E-state index contributed by atoms with van der Waals surface area (Å²) >= 11 is 0. The molecule has 7 heteroatoms. The molecule has 0 unspecified atom stereocenters. The number of carbonyl (C=O) groups is 3. The quantitative estimate of drug-likeness (QED) is 0.812. The molecule has 2 N–H and O–H groups in total. The van der Waals surface area contributed by atoms with Crippen LogP contribution >= 0.6 is 0 Å². The number of para-hydroxylation sites is 1. The van der Waals surface area contributed by atoms with Crippen molar-refractivity contribution >= 4 is 28.8 Å². The number of nitrogens with one attached hydrogen (secondary N) is 2. The lowest BCUT2D eigenvalue weighted by Gasteiger charge is -2.19. The first-order chi connectivity index (χ1) is 11.8. The highest BCUT2D eigenvalue weighted by Gasteiger charge is 2.51. The Kier molecular flexibility index (Phi) is 4.24. The van der Waals surface area contributed by atoms with Crippen LogP contribution in [0.25, 0.3) is 11.0 Å². The summed E-state index contributed by atoms with van der Waals surface area (Å²) in [6.45, 7) is 5.69. The van der Waals surface area contributed by atoms with Crippen molar-refractivity contribution in [3.8, 4) is 0 Å². The number of imide groups is 1. The molecule has 1 fully saturated rings. The SMILES string of the molecule is CC(C)CNC(=O)CN1C(=O)N[C@@](C)(c2cc3ccccc3o2)C1=O. The summed E-state index contributed by atoms with van der Waals surface area (Å²) in [6.07, 6.45) is 0. The van der Waals surface area contributed by atoms with Crippen LogP contribution < -0.4 is 10.6 Å². The fourth-order valence-electron chi connectivity index (χ4n) is 2.75. The minimum Gasteiger partial charge on any atom is -0.458 e. The average Bonchev–Trinajstić information content (AvgIpc) is 3.09. The van der Waals surface area contributed by atoms with E-state index in [-0.39, 0.29) is 18.4 Å². The van der Waals surface area contributed by atoms with Crippen LogP contribution in [0.1, 0.15) is 26.5 Å². The number of fused-ring (bicyclic) bond motifs is 1. The largest absolute Gasteiger partial charge is 0.458 e. The molecule has 0 aliphatic carbocycles. The van der Waals surface area contributed by atoms with Gasteiger partial charge in [-0.2, -0.15) is 0 Å². The Bertz CT molecular complexity index is 809. The van der Waals surface area contributed by atoms with E-state index in [0.717, 1.165) is 10.3 Å². The molecule has 0 spiro atoms. The third-order valence-electron chi connectivity index (χ3n) is 4.20. The van der Waals surface area contributed by atoms with Gasteiger partial charge in [0.25, 0.3) is 5.91 Å². The van der Waals surface area contributed by atoms with Crippen molar-refractivity contribution < 1.29 is 18.8 Å². The van der Waals surface area contributed by atoms with Gasteiger partial charge in [0.15, 0.2) is 5.54 Å². The number of benzene rings is 1. The lowest BCUT2D eigenvalue weighted by molar-refractivity contribution is -0.135. The van der Waals surface area contributed by atoms with Gasteiger partial charge in [-0.3, -0.25) is 14.5 Å². The van der Waals surface area contributed by atoms with Crippen molar-refractivity contribution in [3.63, 3.8) is 0 Å². The summed E-state index contributed by atoms with van der Waals surface area (Å²) in [5.74, 6) is -0.243. The monoisotopic (exact) mass is 343 g/mol. The maximum absolute atomic E-state index is 12.8. The Hall–Kier alpha value is -2.83. The van der Waals surface area contributed by atoms with Gasteiger partial charge in [-0.15, -0.1) is 0 Å². The van der Waals surface area contributed by atoms with Gasteiger partial charge < -0.3 is 15.1 Å². The molecule has 132 valence electrons. The van der Waals surface area contributed by atoms with E-state index in [1.807, 2.05) is 32.0 Å². The Morgan fingerprint density at radius 2 is 2.04 bits per heavy atom. The maximum Gasteiger partial charge on any atom is 0.325 e. The minimum atomic E-state index is -1.32. The van der Waals surface area contributed by atoms with Gasteiger partial charge in [-0.1, -0.05) is 32.0 Å². The van der Waals surface area contributed by atoms with E-state index in [1.165, 1.54) is 0 Å². The minimum absolute atomic E-state index is 0.285. The Balaban J connectivity index is 1.81. The lowest BCUT2D eigenvalue weighted by Crippen LogP contribution is -2.43. The zero-order valence-electron chi connectivity index (χ0n) is 14.5. The Morgan fingerprint density at radius 1 is 1.32 bits per heavy atom. The number of furan rings is 1. The fourth-order valence-corrected chi connectivity index (χ4v) is 2.75. The van der Waals surface area contributed by atoms with Crippen LogP contribution in [0.4, 0.5) is 4.79 Å². The van der Waals surface area contributed by atoms with Gasteiger partial charge in [0.2, 0.25) is 5.91 Å². The molecule has 1 aromatic heterocycles. The lowest BCUT2D eigenvalue weighted by atomic mass is 9.99. The van der Waals surface area contributed by atoms with Gasteiger partial charge >= 0.3 is 6.03 Å². The number of carbonyl (C=O) groups excluding carboxylic acids is 3. The molecule has 4 amide bonds. The molecular weight excluding hydrogens is 322 g/mol. The molecule has 2 aromatic rings.